The Kier molecular flexibility index (Phi) is 2.51. The molecule has 70 valence electrons. The van der Waals surface area contributed by atoms with Gasteiger partial charge in [-0.2, -0.15) is 0 Å². The first-order valence-corrected chi connectivity index (χ1v) is 4.38. The average molecular weight is 186 g/mol. The lowest BCUT2D eigenvalue weighted by Crippen LogP contribution is -2.03. The molecule has 0 aliphatic rings. The Hall–Kier alpha value is -1.74. The Labute approximate surface area is 82.1 Å². The van der Waals surface area contributed by atoms with Crippen molar-refractivity contribution in [2.24, 2.45) is 0 Å². The second kappa shape index (κ2) is 3.98. The monoisotopic (exact) mass is 186 g/mol. The molecule has 1 aromatic heterocycles. The lowest BCUT2D eigenvalue weighted by molar-refractivity contribution is 0.210. The van der Waals surface area contributed by atoms with Crippen molar-refractivity contribution in [2.45, 2.75) is 6.10 Å². The van der Waals surface area contributed by atoms with E-state index in [0.29, 0.717) is 5.82 Å². The Morgan fingerprint density at radius 2 is 1.57 bits per heavy atom. The summed E-state index contributed by atoms with van der Waals surface area (Å²) in [5.74, 6) is 0.429. The Balaban J connectivity index is 2.30. The van der Waals surface area contributed by atoms with Crippen molar-refractivity contribution in [1.82, 2.24) is 9.97 Å². The minimum Gasteiger partial charge on any atom is -0.380 e. The highest BCUT2D eigenvalue weighted by atomic mass is 16.3. The highest BCUT2D eigenvalue weighted by Crippen LogP contribution is 2.16. The van der Waals surface area contributed by atoms with Crippen LogP contribution in [-0.4, -0.2) is 15.1 Å². The van der Waals surface area contributed by atoms with E-state index in [0.717, 1.165) is 5.56 Å². The summed E-state index contributed by atoms with van der Waals surface area (Å²) in [6.07, 6.45) is 2.50. The van der Waals surface area contributed by atoms with Crippen molar-refractivity contribution >= 4 is 0 Å². The third kappa shape index (κ3) is 1.78. The predicted molar refractivity (Wildman–Crippen MR) is 52.5 cm³/mol. The van der Waals surface area contributed by atoms with Gasteiger partial charge in [0.25, 0.3) is 0 Å². The smallest absolute Gasteiger partial charge is 0.161 e. The van der Waals surface area contributed by atoms with Crippen molar-refractivity contribution in [1.29, 1.82) is 0 Å². The van der Waals surface area contributed by atoms with Crippen LogP contribution in [0.25, 0.3) is 0 Å². The molecule has 0 saturated heterocycles. The largest absolute Gasteiger partial charge is 0.380 e. The molecule has 3 nitrogen and oxygen atoms in total. The van der Waals surface area contributed by atoms with E-state index in [1.54, 1.807) is 18.5 Å². The summed E-state index contributed by atoms with van der Waals surface area (Å²) in [5.41, 5.74) is 0.804. The van der Waals surface area contributed by atoms with Crippen LogP contribution in [0.5, 0.6) is 0 Å². The molecule has 0 saturated carbocycles. The molecule has 0 radical (unpaired) electrons. The summed E-state index contributed by atoms with van der Waals surface area (Å²) in [7, 11) is 0. The van der Waals surface area contributed by atoms with Crippen molar-refractivity contribution < 1.29 is 5.11 Å². The fourth-order valence-corrected chi connectivity index (χ4v) is 1.24. The molecule has 2 aromatic rings. The van der Waals surface area contributed by atoms with Crippen LogP contribution in [0.3, 0.4) is 0 Å². The molecule has 0 bridgehead atoms. The van der Waals surface area contributed by atoms with Crippen molar-refractivity contribution in [3.63, 3.8) is 0 Å². The molecule has 1 atom stereocenters. The third-order valence-corrected chi connectivity index (χ3v) is 1.95. The maximum Gasteiger partial charge on any atom is 0.161 e. The average Bonchev–Trinajstić information content (AvgIpc) is 2.30. The highest BCUT2D eigenvalue weighted by molar-refractivity contribution is 5.22. The van der Waals surface area contributed by atoms with E-state index < -0.39 is 6.10 Å². The number of aromatic nitrogens is 2. The number of hydrogen-bond donors (Lipinski definition) is 1. The van der Waals surface area contributed by atoms with Gasteiger partial charge in [0.15, 0.2) is 5.82 Å². The molecule has 0 spiro atoms. The van der Waals surface area contributed by atoms with Gasteiger partial charge < -0.3 is 5.11 Å². The van der Waals surface area contributed by atoms with Gasteiger partial charge in [0, 0.05) is 12.4 Å². The SMILES string of the molecule is OC(c1ccccc1)c1ncccn1. The second-order valence-electron chi connectivity index (χ2n) is 2.92. The summed E-state index contributed by atoms with van der Waals surface area (Å²) in [6.45, 7) is 0. The molecular weight excluding hydrogens is 176 g/mol. The molecule has 14 heavy (non-hydrogen) atoms. The summed E-state index contributed by atoms with van der Waals surface area (Å²) in [5, 5.41) is 9.87. The fourth-order valence-electron chi connectivity index (χ4n) is 1.24. The van der Waals surface area contributed by atoms with Gasteiger partial charge >= 0.3 is 0 Å². The van der Waals surface area contributed by atoms with Gasteiger partial charge in [0.2, 0.25) is 0 Å². The third-order valence-electron chi connectivity index (χ3n) is 1.95. The zero-order valence-corrected chi connectivity index (χ0v) is 7.54. The zero-order valence-electron chi connectivity index (χ0n) is 7.54. The van der Waals surface area contributed by atoms with Crippen molar-refractivity contribution in [3.8, 4) is 0 Å². The standard InChI is InChI=1S/C11H10N2O/c14-10(9-5-2-1-3-6-9)11-12-7-4-8-13-11/h1-8,10,14H. The first kappa shape index (κ1) is 8.84. The van der Waals surface area contributed by atoms with E-state index in [9.17, 15) is 5.11 Å². The molecule has 1 unspecified atom stereocenters. The summed E-state index contributed by atoms with van der Waals surface area (Å²) < 4.78 is 0. The minimum atomic E-state index is -0.739. The van der Waals surface area contributed by atoms with Crippen LogP contribution < -0.4 is 0 Å². The first-order valence-electron chi connectivity index (χ1n) is 4.38. The molecule has 1 heterocycles. The van der Waals surface area contributed by atoms with Gasteiger partial charge in [-0.25, -0.2) is 9.97 Å². The van der Waals surface area contributed by atoms with Gasteiger partial charge in [-0.05, 0) is 11.6 Å². The number of hydrogen-bond acceptors (Lipinski definition) is 3. The normalized spacial score (nSPS) is 12.4. The zero-order chi connectivity index (χ0) is 9.80. The molecule has 0 aliphatic carbocycles. The minimum absolute atomic E-state index is 0.429. The maximum absolute atomic E-state index is 9.87. The number of rotatable bonds is 2. The van der Waals surface area contributed by atoms with Crippen molar-refractivity contribution in [2.75, 3.05) is 0 Å². The van der Waals surface area contributed by atoms with E-state index in [4.69, 9.17) is 0 Å². The topological polar surface area (TPSA) is 46.0 Å². The van der Waals surface area contributed by atoms with E-state index in [1.807, 2.05) is 30.3 Å². The van der Waals surface area contributed by atoms with Gasteiger partial charge in [-0.3, -0.25) is 0 Å². The number of aliphatic hydroxyl groups is 1. The highest BCUT2D eigenvalue weighted by Gasteiger charge is 2.11. The molecule has 1 N–H and O–H groups in total. The Morgan fingerprint density at radius 3 is 2.21 bits per heavy atom. The predicted octanol–water partition coefficient (Wildman–Crippen LogP) is 1.56. The lowest BCUT2D eigenvalue weighted by Gasteiger charge is -2.08. The molecule has 0 amide bonds. The molecule has 3 heteroatoms. The van der Waals surface area contributed by atoms with Crippen LogP contribution in [0.1, 0.15) is 17.5 Å². The van der Waals surface area contributed by atoms with Crippen LogP contribution >= 0.6 is 0 Å². The van der Waals surface area contributed by atoms with Gasteiger partial charge in [0.1, 0.15) is 6.10 Å². The number of benzene rings is 1. The van der Waals surface area contributed by atoms with Gasteiger partial charge in [0.05, 0.1) is 0 Å². The molecule has 1 aromatic carbocycles. The van der Waals surface area contributed by atoms with Crippen LogP contribution in [0.2, 0.25) is 0 Å². The van der Waals surface area contributed by atoms with Crippen LogP contribution in [0, 0.1) is 0 Å². The van der Waals surface area contributed by atoms with Crippen LogP contribution in [0.15, 0.2) is 48.8 Å². The summed E-state index contributed by atoms with van der Waals surface area (Å²) >= 11 is 0. The van der Waals surface area contributed by atoms with E-state index in [1.165, 1.54) is 0 Å². The van der Waals surface area contributed by atoms with E-state index in [2.05, 4.69) is 9.97 Å². The molecule has 2 rings (SSSR count). The van der Waals surface area contributed by atoms with Crippen molar-refractivity contribution in [3.05, 3.63) is 60.2 Å². The first-order chi connectivity index (χ1) is 6.88. The lowest BCUT2D eigenvalue weighted by atomic mass is 10.1. The Morgan fingerprint density at radius 1 is 0.929 bits per heavy atom. The number of nitrogens with zero attached hydrogens (tertiary/aromatic N) is 2. The maximum atomic E-state index is 9.87. The number of aliphatic hydroxyl groups excluding tert-OH is 1. The quantitative estimate of drug-likeness (QED) is 0.774. The fraction of sp³-hybridized carbons (Fsp3) is 0.0909. The molecule has 0 fully saturated rings. The van der Waals surface area contributed by atoms with Gasteiger partial charge in [-0.15, -0.1) is 0 Å². The van der Waals surface area contributed by atoms with E-state index in [-0.39, 0.29) is 0 Å². The summed E-state index contributed by atoms with van der Waals surface area (Å²) in [6, 6.07) is 11.1. The second-order valence-corrected chi connectivity index (χ2v) is 2.92. The van der Waals surface area contributed by atoms with Crippen LogP contribution in [0.4, 0.5) is 0 Å². The molecule has 0 aliphatic heterocycles. The van der Waals surface area contributed by atoms with Crippen LogP contribution in [-0.2, 0) is 0 Å². The summed E-state index contributed by atoms with van der Waals surface area (Å²) in [4.78, 5) is 7.99. The molecular formula is C11H10N2O. The van der Waals surface area contributed by atoms with Gasteiger partial charge in [-0.1, -0.05) is 30.3 Å². The van der Waals surface area contributed by atoms with E-state index >= 15 is 0 Å². The Bertz CT molecular complexity index is 349.